The number of likely N-dealkylation sites (tertiary alicyclic amines) is 1. The summed E-state index contributed by atoms with van der Waals surface area (Å²) in [6.07, 6.45) is -0.0982. The molecule has 0 aromatic carbocycles. The molecule has 17 heavy (non-hydrogen) atoms. The van der Waals surface area contributed by atoms with Crippen molar-refractivity contribution in [3.8, 4) is 0 Å². The molecule has 0 radical (unpaired) electrons. The van der Waals surface area contributed by atoms with Gasteiger partial charge in [0.2, 0.25) is 5.91 Å². The lowest BCUT2D eigenvalue weighted by atomic mass is 10.1. The van der Waals surface area contributed by atoms with Crippen molar-refractivity contribution >= 4 is 12.0 Å². The number of carbonyl (C=O) groups is 2. The van der Waals surface area contributed by atoms with E-state index < -0.39 is 23.7 Å². The second-order valence-electron chi connectivity index (χ2n) is 3.60. The first kappa shape index (κ1) is 13.0. The number of nitrogens with zero attached hydrogens (tertiary/aromatic N) is 2. The molecular formula is C8H13N3O6. The number of hydrogen-bond acceptors (Lipinski definition) is 5. The molecule has 9 heteroatoms. The Kier molecular flexibility index (Phi) is 4.49. The number of rotatable bonds is 4. The molecule has 1 heterocycles. The quantitative estimate of drug-likeness (QED) is 0.507. The molecule has 0 saturated carbocycles. The molecule has 0 spiro atoms. The van der Waals surface area contributed by atoms with Gasteiger partial charge < -0.3 is 20.2 Å². The van der Waals surface area contributed by atoms with E-state index in [4.69, 9.17) is 5.11 Å². The molecule has 1 aliphatic rings. The Morgan fingerprint density at radius 2 is 2.06 bits per heavy atom. The maximum Gasteiger partial charge on any atom is 0.404 e. The minimum absolute atomic E-state index is 0.173. The second-order valence-corrected chi connectivity index (χ2v) is 3.60. The summed E-state index contributed by atoms with van der Waals surface area (Å²) >= 11 is 0. The number of carboxylic acid groups (broad SMARTS) is 1. The first-order chi connectivity index (χ1) is 7.99. The van der Waals surface area contributed by atoms with E-state index in [-0.39, 0.29) is 6.04 Å². The Bertz CT molecular complexity index is 312. The lowest BCUT2D eigenvalue weighted by Gasteiger charge is -2.31. The van der Waals surface area contributed by atoms with Crippen LogP contribution in [-0.2, 0) is 9.63 Å². The van der Waals surface area contributed by atoms with E-state index in [1.54, 1.807) is 0 Å². The van der Waals surface area contributed by atoms with E-state index in [0.717, 1.165) is 0 Å². The summed E-state index contributed by atoms with van der Waals surface area (Å²) in [6.45, 7) is 0.139. The maximum absolute atomic E-state index is 11.4. The van der Waals surface area contributed by atoms with Crippen LogP contribution in [0, 0.1) is 10.1 Å². The van der Waals surface area contributed by atoms with Crippen LogP contribution in [-0.4, -0.2) is 52.8 Å². The Hall–Kier alpha value is -2.06. The fraction of sp³-hybridized carbons (Fsp3) is 0.750. The topological polar surface area (TPSA) is 122 Å². The summed E-state index contributed by atoms with van der Waals surface area (Å²) in [5.41, 5.74) is 0. The smallest absolute Gasteiger partial charge is 0.404 e. The third-order valence-electron chi connectivity index (χ3n) is 2.47. The van der Waals surface area contributed by atoms with Crippen molar-refractivity contribution < 1.29 is 24.6 Å². The van der Waals surface area contributed by atoms with Crippen LogP contribution in [0.3, 0.4) is 0 Å². The van der Waals surface area contributed by atoms with Crippen LogP contribution >= 0.6 is 0 Å². The second kappa shape index (κ2) is 5.87. The first-order valence-corrected chi connectivity index (χ1v) is 5.03. The van der Waals surface area contributed by atoms with Gasteiger partial charge >= 0.3 is 6.09 Å². The van der Waals surface area contributed by atoms with Crippen LogP contribution in [0.2, 0.25) is 0 Å². The molecule has 2 amide bonds. The largest absolute Gasteiger partial charge is 0.465 e. The highest BCUT2D eigenvalue weighted by Crippen LogP contribution is 2.10. The van der Waals surface area contributed by atoms with Crippen LogP contribution < -0.4 is 5.32 Å². The van der Waals surface area contributed by atoms with Crippen molar-refractivity contribution in [1.29, 1.82) is 0 Å². The summed E-state index contributed by atoms with van der Waals surface area (Å²) in [6, 6.07) is -0.173. The van der Waals surface area contributed by atoms with E-state index in [0.29, 0.717) is 25.9 Å². The average Bonchev–Trinajstić information content (AvgIpc) is 2.26. The van der Waals surface area contributed by atoms with Gasteiger partial charge in [0, 0.05) is 19.1 Å². The molecule has 1 rings (SSSR count). The monoisotopic (exact) mass is 247 g/mol. The van der Waals surface area contributed by atoms with Gasteiger partial charge in [0.1, 0.15) is 0 Å². The van der Waals surface area contributed by atoms with Crippen LogP contribution in [0.5, 0.6) is 0 Å². The molecule has 0 aliphatic carbocycles. The van der Waals surface area contributed by atoms with Gasteiger partial charge in [-0.05, 0) is 12.8 Å². The van der Waals surface area contributed by atoms with Crippen molar-refractivity contribution in [1.82, 2.24) is 10.2 Å². The zero-order valence-corrected chi connectivity index (χ0v) is 9.00. The Labute approximate surface area is 96.4 Å². The lowest BCUT2D eigenvalue weighted by molar-refractivity contribution is -0.754. The van der Waals surface area contributed by atoms with Gasteiger partial charge in [-0.2, -0.15) is 0 Å². The van der Waals surface area contributed by atoms with Crippen LogP contribution in [0.1, 0.15) is 12.8 Å². The molecule has 96 valence electrons. The van der Waals surface area contributed by atoms with Crippen molar-refractivity contribution in [2.45, 2.75) is 18.9 Å². The highest BCUT2D eigenvalue weighted by atomic mass is 16.9. The molecule has 0 unspecified atom stereocenters. The predicted molar refractivity (Wildman–Crippen MR) is 53.7 cm³/mol. The van der Waals surface area contributed by atoms with Crippen molar-refractivity contribution in [3.63, 3.8) is 0 Å². The molecule has 1 fully saturated rings. The van der Waals surface area contributed by atoms with Gasteiger partial charge in [-0.1, -0.05) is 0 Å². The molecule has 1 saturated heterocycles. The fourth-order valence-electron chi connectivity index (χ4n) is 1.65. The number of hydrogen-bond donors (Lipinski definition) is 2. The standard InChI is InChI=1S/C8H13N3O6/c12-7(5-17-11(15)16)10-3-1-6(2-4-10)9-8(13)14/h6,9H,1-5H2,(H,13,14). The van der Waals surface area contributed by atoms with E-state index in [9.17, 15) is 19.7 Å². The number of nitrogens with one attached hydrogen (secondary N) is 1. The highest BCUT2D eigenvalue weighted by molar-refractivity contribution is 5.77. The highest BCUT2D eigenvalue weighted by Gasteiger charge is 2.23. The third kappa shape index (κ3) is 4.53. The number of piperidine rings is 1. The van der Waals surface area contributed by atoms with E-state index >= 15 is 0 Å². The third-order valence-corrected chi connectivity index (χ3v) is 2.47. The molecule has 9 nitrogen and oxygen atoms in total. The maximum atomic E-state index is 11.4. The molecule has 1 aliphatic heterocycles. The molecular weight excluding hydrogens is 234 g/mol. The van der Waals surface area contributed by atoms with Crippen LogP contribution in [0.15, 0.2) is 0 Å². The summed E-state index contributed by atoms with van der Waals surface area (Å²) in [5.74, 6) is -0.463. The summed E-state index contributed by atoms with van der Waals surface area (Å²) < 4.78 is 0. The normalized spacial score (nSPS) is 16.4. The van der Waals surface area contributed by atoms with Gasteiger partial charge in [0.05, 0.1) is 0 Å². The Morgan fingerprint density at radius 3 is 2.53 bits per heavy atom. The van der Waals surface area contributed by atoms with Gasteiger partial charge in [0.25, 0.3) is 5.09 Å². The Balaban J connectivity index is 2.28. The van der Waals surface area contributed by atoms with Gasteiger partial charge in [-0.25, -0.2) is 4.79 Å². The number of amides is 2. The van der Waals surface area contributed by atoms with Crippen molar-refractivity contribution in [2.75, 3.05) is 19.7 Å². The zero-order valence-electron chi connectivity index (χ0n) is 9.00. The van der Waals surface area contributed by atoms with Crippen LogP contribution in [0.4, 0.5) is 4.79 Å². The Morgan fingerprint density at radius 1 is 1.47 bits per heavy atom. The van der Waals surface area contributed by atoms with E-state index in [1.165, 1.54) is 4.90 Å². The van der Waals surface area contributed by atoms with E-state index in [2.05, 4.69) is 10.2 Å². The van der Waals surface area contributed by atoms with Crippen molar-refractivity contribution in [2.24, 2.45) is 0 Å². The molecule has 0 aromatic heterocycles. The van der Waals surface area contributed by atoms with Gasteiger partial charge in [-0.3, -0.25) is 4.79 Å². The number of carbonyl (C=O) groups excluding carboxylic acids is 1. The molecule has 2 N–H and O–H groups in total. The minimum Gasteiger partial charge on any atom is -0.465 e. The lowest BCUT2D eigenvalue weighted by Crippen LogP contribution is -2.47. The zero-order chi connectivity index (χ0) is 12.8. The molecule has 0 bridgehead atoms. The SMILES string of the molecule is O=C(O)NC1CCN(C(=O)CO[N+](=O)[O-])CC1. The molecule has 0 aromatic rings. The first-order valence-electron chi connectivity index (χ1n) is 5.03. The fourth-order valence-corrected chi connectivity index (χ4v) is 1.65. The van der Waals surface area contributed by atoms with Gasteiger partial charge in [-0.15, -0.1) is 10.1 Å². The van der Waals surface area contributed by atoms with E-state index in [1.807, 2.05) is 0 Å². The molecule has 0 atom stereocenters. The minimum atomic E-state index is -1.09. The summed E-state index contributed by atoms with van der Waals surface area (Å²) in [4.78, 5) is 37.1. The summed E-state index contributed by atoms with van der Waals surface area (Å²) in [5, 5.41) is 19.7. The average molecular weight is 247 g/mol. The summed E-state index contributed by atoms with van der Waals surface area (Å²) in [7, 11) is 0. The van der Waals surface area contributed by atoms with Crippen molar-refractivity contribution in [3.05, 3.63) is 10.1 Å². The van der Waals surface area contributed by atoms with Gasteiger partial charge in [0.15, 0.2) is 6.61 Å². The van der Waals surface area contributed by atoms with Crippen LogP contribution in [0.25, 0.3) is 0 Å². The predicted octanol–water partition coefficient (Wildman–Crippen LogP) is -0.547.